The number of hydrogen-bond donors (Lipinski definition) is 2. The molecule has 3 rings (SSSR count). The van der Waals surface area contributed by atoms with Crippen molar-refractivity contribution in [2.75, 3.05) is 46.4 Å². The summed E-state index contributed by atoms with van der Waals surface area (Å²) in [6, 6.07) is 6.68. The van der Waals surface area contributed by atoms with Crippen LogP contribution in [-0.2, 0) is 14.3 Å². The van der Waals surface area contributed by atoms with Crippen LogP contribution in [0.2, 0.25) is 0 Å². The Labute approximate surface area is 165 Å². The standard InChI is InChI=1S/C20H28N4O4/c1-4-23-10-12-24(13-11-23)20-21-17(14-6-8-15(27-3)9-7-14)16(18(25)22-20)19(26)28-5-2/h6-9,16-17H,4-5,10-13H2,1-3H3,(H,21,22,25)/p+1/t16-,17+/m0/s1. The highest BCUT2D eigenvalue weighted by Gasteiger charge is 2.42. The van der Waals surface area contributed by atoms with E-state index in [4.69, 9.17) is 14.5 Å². The van der Waals surface area contributed by atoms with E-state index in [0.717, 1.165) is 38.3 Å². The van der Waals surface area contributed by atoms with Crippen molar-refractivity contribution in [1.82, 2.24) is 10.2 Å². The average molecular weight is 389 g/mol. The summed E-state index contributed by atoms with van der Waals surface area (Å²) >= 11 is 0. The molecule has 2 heterocycles. The minimum absolute atomic E-state index is 0.219. The summed E-state index contributed by atoms with van der Waals surface area (Å²) < 4.78 is 10.4. The first kappa shape index (κ1) is 20.1. The van der Waals surface area contributed by atoms with Crippen LogP contribution in [0.4, 0.5) is 0 Å². The predicted molar refractivity (Wildman–Crippen MR) is 104 cm³/mol. The van der Waals surface area contributed by atoms with Crippen LogP contribution in [0.5, 0.6) is 5.75 Å². The van der Waals surface area contributed by atoms with Crippen molar-refractivity contribution in [3.05, 3.63) is 29.8 Å². The summed E-state index contributed by atoms with van der Waals surface area (Å²) in [4.78, 5) is 33.7. The number of guanidine groups is 1. The molecule has 2 aliphatic rings. The third-order valence-electron chi connectivity index (χ3n) is 5.36. The van der Waals surface area contributed by atoms with Crippen LogP contribution in [0.3, 0.4) is 0 Å². The molecule has 1 aromatic rings. The summed E-state index contributed by atoms with van der Waals surface area (Å²) in [6.07, 6.45) is 0. The first-order valence-electron chi connectivity index (χ1n) is 9.85. The first-order valence-corrected chi connectivity index (χ1v) is 9.85. The van der Waals surface area contributed by atoms with Gasteiger partial charge >= 0.3 is 5.97 Å². The number of carbonyl (C=O) groups excluding carboxylic acids is 2. The van der Waals surface area contributed by atoms with E-state index >= 15 is 0 Å². The molecule has 1 saturated heterocycles. The Hall–Kier alpha value is -2.61. The fraction of sp³-hybridized carbons (Fsp3) is 0.550. The molecule has 28 heavy (non-hydrogen) atoms. The van der Waals surface area contributed by atoms with Crippen molar-refractivity contribution in [3.63, 3.8) is 0 Å². The van der Waals surface area contributed by atoms with Gasteiger partial charge in [-0.3, -0.25) is 14.9 Å². The van der Waals surface area contributed by atoms with Gasteiger partial charge in [-0.05, 0) is 31.5 Å². The van der Waals surface area contributed by atoms with Gasteiger partial charge in [-0.2, -0.15) is 0 Å². The van der Waals surface area contributed by atoms with Gasteiger partial charge < -0.3 is 19.3 Å². The quantitative estimate of drug-likeness (QED) is 0.530. The second-order valence-corrected chi connectivity index (χ2v) is 6.98. The molecule has 1 amide bonds. The number of esters is 1. The van der Waals surface area contributed by atoms with Crippen LogP contribution < -0.4 is 15.0 Å². The highest BCUT2D eigenvalue weighted by Crippen LogP contribution is 2.31. The molecule has 0 aromatic heterocycles. The van der Waals surface area contributed by atoms with E-state index < -0.39 is 17.9 Å². The number of nitrogens with one attached hydrogen (secondary N) is 2. The Morgan fingerprint density at radius 1 is 1.25 bits per heavy atom. The number of likely N-dealkylation sites (N-methyl/N-ethyl adjacent to an activating group) is 1. The van der Waals surface area contributed by atoms with Gasteiger partial charge in [0.1, 0.15) is 11.8 Å². The molecule has 1 aromatic carbocycles. The Morgan fingerprint density at radius 3 is 2.50 bits per heavy atom. The molecule has 0 spiro atoms. The lowest BCUT2D eigenvalue weighted by molar-refractivity contribution is -0.902. The van der Waals surface area contributed by atoms with Crippen molar-refractivity contribution in [2.45, 2.75) is 19.9 Å². The number of ether oxygens (including phenoxy) is 2. The van der Waals surface area contributed by atoms with Gasteiger partial charge in [0, 0.05) is 0 Å². The maximum atomic E-state index is 12.8. The lowest BCUT2D eigenvalue weighted by Gasteiger charge is -2.37. The van der Waals surface area contributed by atoms with Crippen molar-refractivity contribution in [2.24, 2.45) is 10.9 Å². The predicted octanol–water partition coefficient (Wildman–Crippen LogP) is -0.378. The normalized spacial score (nSPS) is 23.0. The Balaban J connectivity index is 1.90. The fourth-order valence-corrected chi connectivity index (χ4v) is 3.65. The van der Waals surface area contributed by atoms with Gasteiger partial charge in [-0.1, -0.05) is 12.1 Å². The highest BCUT2D eigenvalue weighted by atomic mass is 16.5. The molecule has 2 N–H and O–H groups in total. The molecule has 0 radical (unpaired) electrons. The minimum Gasteiger partial charge on any atom is -0.497 e. The lowest BCUT2D eigenvalue weighted by atomic mass is 9.91. The molecule has 8 heteroatoms. The number of quaternary nitrogens is 1. The van der Waals surface area contributed by atoms with Crippen molar-refractivity contribution in [3.8, 4) is 5.75 Å². The molecule has 1 fully saturated rings. The third-order valence-corrected chi connectivity index (χ3v) is 5.36. The second-order valence-electron chi connectivity index (χ2n) is 6.98. The van der Waals surface area contributed by atoms with Crippen molar-refractivity contribution < 1.29 is 24.0 Å². The topological polar surface area (TPSA) is 84.7 Å². The number of rotatable bonds is 5. The van der Waals surface area contributed by atoms with E-state index in [2.05, 4.69) is 17.1 Å². The van der Waals surface area contributed by atoms with Gasteiger partial charge in [0.2, 0.25) is 11.9 Å². The number of aliphatic imine (C=N–C) groups is 1. The lowest BCUT2D eigenvalue weighted by Crippen LogP contribution is -3.14. The van der Waals surface area contributed by atoms with E-state index in [1.165, 1.54) is 4.90 Å². The Bertz CT molecular complexity index is 726. The van der Waals surface area contributed by atoms with Crippen LogP contribution in [-0.4, -0.2) is 69.2 Å². The molecule has 0 aliphatic carbocycles. The van der Waals surface area contributed by atoms with Crippen molar-refractivity contribution >= 4 is 17.8 Å². The van der Waals surface area contributed by atoms with Crippen LogP contribution in [0.1, 0.15) is 25.5 Å². The molecule has 0 bridgehead atoms. The SMILES string of the molecule is CCOC(=O)[C@@H]1C(=O)NC(N2CC[NH+](CC)CC2)=N[C@@H]1c1ccc(OC)cc1. The third kappa shape index (κ3) is 4.27. The molecule has 152 valence electrons. The zero-order chi connectivity index (χ0) is 20.1. The number of hydrogen-bond acceptors (Lipinski definition) is 6. The van der Waals surface area contributed by atoms with Gasteiger partial charge in [0.05, 0.1) is 46.4 Å². The van der Waals surface area contributed by atoms with E-state index in [1.807, 2.05) is 24.3 Å². The molecule has 0 unspecified atom stereocenters. The first-order chi connectivity index (χ1) is 13.6. The summed E-state index contributed by atoms with van der Waals surface area (Å²) in [5.41, 5.74) is 0.782. The molecule has 2 atom stereocenters. The largest absolute Gasteiger partial charge is 0.497 e. The van der Waals surface area contributed by atoms with E-state index in [-0.39, 0.29) is 12.5 Å². The van der Waals surface area contributed by atoms with Crippen LogP contribution in [0.15, 0.2) is 29.3 Å². The fourth-order valence-electron chi connectivity index (χ4n) is 3.65. The minimum atomic E-state index is -1.00. The monoisotopic (exact) mass is 389 g/mol. The summed E-state index contributed by atoms with van der Waals surface area (Å²) in [7, 11) is 1.60. The van der Waals surface area contributed by atoms with E-state index in [9.17, 15) is 9.59 Å². The number of piperazine rings is 1. The van der Waals surface area contributed by atoms with Crippen LogP contribution in [0.25, 0.3) is 0 Å². The smallest absolute Gasteiger partial charge is 0.321 e. The summed E-state index contributed by atoms with van der Waals surface area (Å²) in [5, 5.41) is 2.83. The van der Waals surface area contributed by atoms with Gasteiger partial charge in [-0.25, -0.2) is 4.99 Å². The maximum Gasteiger partial charge on any atom is 0.321 e. The number of nitrogens with zero attached hydrogens (tertiary/aromatic N) is 2. The van der Waals surface area contributed by atoms with Gasteiger partial charge in [0.25, 0.3) is 0 Å². The molecule has 2 aliphatic heterocycles. The highest BCUT2D eigenvalue weighted by molar-refractivity contribution is 6.08. The molecule has 8 nitrogen and oxygen atoms in total. The van der Waals surface area contributed by atoms with E-state index in [1.54, 1.807) is 14.0 Å². The molecular formula is C20H29N4O4+. The van der Waals surface area contributed by atoms with Gasteiger partial charge in [-0.15, -0.1) is 0 Å². The Kier molecular flexibility index (Phi) is 6.51. The van der Waals surface area contributed by atoms with E-state index in [0.29, 0.717) is 11.7 Å². The van der Waals surface area contributed by atoms with Crippen LogP contribution >= 0.6 is 0 Å². The number of amides is 1. The summed E-state index contributed by atoms with van der Waals surface area (Å²) in [5.74, 6) is -0.667. The second kappa shape index (κ2) is 9.05. The zero-order valence-corrected chi connectivity index (χ0v) is 16.7. The molecule has 0 saturated carbocycles. The molecular weight excluding hydrogens is 360 g/mol. The number of benzene rings is 1. The average Bonchev–Trinajstić information content (AvgIpc) is 2.73. The Morgan fingerprint density at radius 2 is 1.93 bits per heavy atom. The number of methoxy groups -OCH3 is 1. The number of carbonyl (C=O) groups is 2. The van der Waals surface area contributed by atoms with Gasteiger partial charge in [0.15, 0.2) is 5.92 Å². The van der Waals surface area contributed by atoms with Crippen LogP contribution in [0, 0.1) is 5.92 Å². The maximum absolute atomic E-state index is 12.8. The summed E-state index contributed by atoms with van der Waals surface area (Å²) in [6.45, 7) is 8.85. The van der Waals surface area contributed by atoms with Crippen molar-refractivity contribution in [1.29, 1.82) is 0 Å². The zero-order valence-electron chi connectivity index (χ0n) is 16.7.